The topological polar surface area (TPSA) is 76.0 Å². The highest BCUT2D eigenvalue weighted by Crippen LogP contribution is 2.52. The molecule has 0 spiro atoms. The molecule has 0 heterocycles. The van der Waals surface area contributed by atoms with Gasteiger partial charge in [-0.2, -0.15) is 0 Å². The second-order valence-electron chi connectivity index (χ2n) is 3.83. The molecule has 2 N–H and O–H groups in total. The van der Waals surface area contributed by atoms with Gasteiger partial charge in [0.2, 0.25) is 5.91 Å². The van der Waals surface area contributed by atoms with Gasteiger partial charge in [0.25, 0.3) is 0 Å². The molecule has 0 amide bonds. The summed E-state index contributed by atoms with van der Waals surface area (Å²) in [6.45, 7) is 4.57. The molecule has 5 nitrogen and oxygen atoms in total. The molecular weight excluding hydrogens is 274 g/mol. The van der Waals surface area contributed by atoms with E-state index in [1.165, 1.54) is 24.3 Å². The van der Waals surface area contributed by atoms with Gasteiger partial charge in [0.15, 0.2) is 6.29 Å². The van der Waals surface area contributed by atoms with Crippen LogP contribution in [0.15, 0.2) is 24.3 Å². The first-order valence-corrected chi connectivity index (χ1v) is 7.60. The monoisotopic (exact) mass is 292 g/mol. The molecule has 0 saturated carbocycles. The van der Waals surface area contributed by atoms with E-state index in [1.54, 1.807) is 0 Å². The third-order valence-corrected chi connectivity index (χ3v) is 3.30. The van der Waals surface area contributed by atoms with Crippen molar-refractivity contribution in [2.45, 2.75) is 26.1 Å². The van der Waals surface area contributed by atoms with Crippen LogP contribution in [0, 0.1) is 0 Å². The molecule has 0 radical (unpaired) electrons. The lowest BCUT2D eigenvalue weighted by Crippen LogP contribution is -2.09. The second kappa shape index (κ2) is 7.12. The zero-order valence-corrected chi connectivity index (χ0v) is 11.7. The molecule has 1 aromatic carbocycles. The molecule has 0 fully saturated rings. The van der Waals surface area contributed by atoms with Crippen molar-refractivity contribution in [2.24, 2.45) is 0 Å². The van der Waals surface area contributed by atoms with E-state index >= 15 is 0 Å². The molecule has 0 bridgehead atoms. The van der Waals surface area contributed by atoms with E-state index in [4.69, 9.17) is 19.3 Å². The van der Waals surface area contributed by atoms with Crippen LogP contribution in [-0.4, -0.2) is 23.0 Å². The highest BCUT2D eigenvalue weighted by molar-refractivity contribution is 7.51. The SMILES string of the molecule is CCOC(OCC)c1ccc([C@@H](F)P(=O)(O)O)cc1. The van der Waals surface area contributed by atoms with Crippen LogP contribution in [0.5, 0.6) is 0 Å². The van der Waals surface area contributed by atoms with E-state index in [2.05, 4.69) is 0 Å². The van der Waals surface area contributed by atoms with E-state index in [0.29, 0.717) is 18.8 Å². The van der Waals surface area contributed by atoms with Gasteiger partial charge >= 0.3 is 7.60 Å². The summed E-state index contributed by atoms with van der Waals surface area (Å²) in [4.78, 5) is 17.5. The predicted octanol–water partition coefficient (Wildman–Crippen LogP) is 2.90. The number of hydrogen-bond donors (Lipinski definition) is 2. The molecule has 0 saturated heterocycles. The summed E-state index contributed by atoms with van der Waals surface area (Å²) in [7, 11) is -4.77. The van der Waals surface area contributed by atoms with Crippen molar-refractivity contribution < 1.29 is 28.2 Å². The van der Waals surface area contributed by atoms with Gasteiger partial charge in [0.1, 0.15) is 0 Å². The Labute approximate surface area is 111 Å². The van der Waals surface area contributed by atoms with Crippen LogP contribution < -0.4 is 0 Å². The minimum atomic E-state index is -4.77. The quantitative estimate of drug-likeness (QED) is 0.597. The van der Waals surface area contributed by atoms with Crippen molar-refractivity contribution in [3.63, 3.8) is 0 Å². The number of benzene rings is 1. The fourth-order valence-corrected chi connectivity index (χ4v) is 2.11. The van der Waals surface area contributed by atoms with Crippen LogP contribution >= 0.6 is 7.60 Å². The number of rotatable bonds is 7. The Hall–Kier alpha value is -0.780. The zero-order chi connectivity index (χ0) is 14.5. The minimum absolute atomic E-state index is 0.0659. The average Bonchev–Trinajstić information content (AvgIpc) is 2.37. The standard InChI is InChI=1S/C12H18FO5P/c1-3-17-12(18-4-2)10-7-5-9(6-8-10)11(13)19(14,15)16/h5-8,11-12H,3-4H2,1-2H3,(H2,14,15,16)/t11-/m0/s1. The summed E-state index contributed by atoms with van der Waals surface area (Å²) < 4.78 is 35.0. The summed E-state index contributed by atoms with van der Waals surface area (Å²) in [5, 5.41) is 0. The van der Waals surface area contributed by atoms with Gasteiger partial charge in [-0.3, -0.25) is 4.57 Å². The van der Waals surface area contributed by atoms with Crippen LogP contribution in [0.2, 0.25) is 0 Å². The summed E-state index contributed by atoms with van der Waals surface area (Å²) in [6.07, 6.45) is -0.558. The van der Waals surface area contributed by atoms with Crippen LogP contribution in [-0.2, 0) is 14.0 Å². The normalized spacial score (nSPS) is 13.8. The Morgan fingerprint density at radius 3 is 1.89 bits per heavy atom. The van der Waals surface area contributed by atoms with Crippen molar-refractivity contribution in [2.75, 3.05) is 13.2 Å². The molecule has 7 heteroatoms. The van der Waals surface area contributed by atoms with E-state index < -0.39 is 19.8 Å². The summed E-state index contributed by atoms with van der Waals surface area (Å²) in [5.74, 6) is -2.31. The van der Waals surface area contributed by atoms with Gasteiger partial charge in [-0.15, -0.1) is 0 Å². The first kappa shape index (κ1) is 16.3. The molecule has 0 aliphatic carbocycles. The first-order valence-electron chi connectivity index (χ1n) is 5.92. The Morgan fingerprint density at radius 1 is 1.11 bits per heavy atom. The van der Waals surface area contributed by atoms with Gasteiger partial charge in [0, 0.05) is 18.8 Å². The smallest absolute Gasteiger partial charge is 0.349 e. The maximum Gasteiger partial charge on any atom is 0.363 e. The van der Waals surface area contributed by atoms with Crippen LogP contribution in [0.25, 0.3) is 0 Å². The highest BCUT2D eigenvalue weighted by Gasteiger charge is 2.30. The molecule has 19 heavy (non-hydrogen) atoms. The third-order valence-electron chi connectivity index (χ3n) is 2.42. The van der Waals surface area contributed by atoms with Gasteiger partial charge in [-0.05, 0) is 19.4 Å². The van der Waals surface area contributed by atoms with Crippen LogP contribution in [0.3, 0.4) is 0 Å². The molecule has 1 rings (SSSR count). The van der Waals surface area contributed by atoms with E-state index in [9.17, 15) is 8.96 Å². The average molecular weight is 292 g/mol. The molecular formula is C12H18FO5P. The molecule has 0 aromatic heterocycles. The zero-order valence-electron chi connectivity index (χ0n) is 10.8. The highest BCUT2D eigenvalue weighted by atomic mass is 31.2. The number of hydrogen-bond acceptors (Lipinski definition) is 3. The number of ether oxygens (including phenoxy) is 2. The Balaban J connectivity index is 2.88. The lowest BCUT2D eigenvalue weighted by Gasteiger charge is -2.18. The Bertz CT molecular complexity index is 424. The Morgan fingerprint density at radius 2 is 1.53 bits per heavy atom. The van der Waals surface area contributed by atoms with Crippen molar-refractivity contribution >= 4 is 7.60 Å². The summed E-state index contributed by atoms with van der Waals surface area (Å²) >= 11 is 0. The van der Waals surface area contributed by atoms with Crippen LogP contribution in [0.1, 0.15) is 37.2 Å². The minimum Gasteiger partial charge on any atom is -0.349 e. The lowest BCUT2D eigenvalue weighted by atomic mass is 10.1. The van der Waals surface area contributed by atoms with Crippen LogP contribution in [0.4, 0.5) is 4.39 Å². The molecule has 0 aliphatic heterocycles. The van der Waals surface area contributed by atoms with E-state index in [0.717, 1.165) is 0 Å². The maximum absolute atomic E-state index is 13.4. The first-order chi connectivity index (χ1) is 8.90. The Kier molecular flexibility index (Phi) is 6.10. The fraction of sp³-hybridized carbons (Fsp3) is 0.500. The third kappa shape index (κ3) is 4.67. The number of alkyl halides is 1. The molecule has 0 unspecified atom stereocenters. The van der Waals surface area contributed by atoms with E-state index in [1.807, 2.05) is 13.8 Å². The van der Waals surface area contributed by atoms with Crippen molar-refractivity contribution in [1.82, 2.24) is 0 Å². The van der Waals surface area contributed by atoms with Gasteiger partial charge in [-0.1, -0.05) is 24.3 Å². The maximum atomic E-state index is 13.4. The predicted molar refractivity (Wildman–Crippen MR) is 68.3 cm³/mol. The summed E-state index contributed by atoms with van der Waals surface area (Å²) in [5.41, 5.74) is 0.606. The molecule has 1 atom stereocenters. The fourth-order valence-electron chi connectivity index (χ4n) is 1.55. The second-order valence-corrected chi connectivity index (χ2v) is 5.47. The number of halogens is 1. The van der Waals surface area contributed by atoms with Gasteiger partial charge in [-0.25, -0.2) is 4.39 Å². The lowest BCUT2D eigenvalue weighted by molar-refractivity contribution is -0.140. The summed E-state index contributed by atoms with van der Waals surface area (Å²) in [6, 6.07) is 5.72. The van der Waals surface area contributed by atoms with Crippen molar-refractivity contribution in [3.8, 4) is 0 Å². The molecule has 0 aliphatic rings. The van der Waals surface area contributed by atoms with Crippen molar-refractivity contribution in [1.29, 1.82) is 0 Å². The molecule has 108 valence electrons. The van der Waals surface area contributed by atoms with Crippen molar-refractivity contribution in [3.05, 3.63) is 35.4 Å². The van der Waals surface area contributed by atoms with E-state index in [-0.39, 0.29) is 5.56 Å². The molecule has 1 aromatic rings. The van der Waals surface area contributed by atoms with Gasteiger partial charge < -0.3 is 19.3 Å². The van der Waals surface area contributed by atoms with Gasteiger partial charge in [0.05, 0.1) is 0 Å². The largest absolute Gasteiger partial charge is 0.363 e.